The predicted molar refractivity (Wildman–Crippen MR) is 75.6 cm³/mol. The summed E-state index contributed by atoms with van der Waals surface area (Å²) in [5.74, 6) is 0.221. The van der Waals surface area contributed by atoms with E-state index in [0.717, 1.165) is 24.9 Å². The van der Waals surface area contributed by atoms with Crippen LogP contribution in [-0.4, -0.2) is 34.4 Å². The number of nitrogens with one attached hydrogen (secondary N) is 1. The van der Waals surface area contributed by atoms with Gasteiger partial charge in [-0.25, -0.2) is 0 Å². The van der Waals surface area contributed by atoms with E-state index in [2.05, 4.69) is 24.1 Å². The molecule has 1 atom stereocenters. The third kappa shape index (κ3) is 3.77. The van der Waals surface area contributed by atoms with Crippen molar-refractivity contribution in [3.8, 4) is 0 Å². The number of hydrogen-bond donors (Lipinski definition) is 1. The fraction of sp³-hybridized carbons (Fsp3) is 0.600. The highest BCUT2D eigenvalue weighted by molar-refractivity contribution is 5.82. The first-order valence-corrected chi connectivity index (χ1v) is 7.11. The highest BCUT2D eigenvalue weighted by Crippen LogP contribution is 2.14. The largest absolute Gasteiger partial charge is 0.335 e. The Kier molecular flexibility index (Phi) is 4.91. The molecule has 0 radical (unpaired) electrons. The lowest BCUT2D eigenvalue weighted by Gasteiger charge is -2.32. The minimum absolute atomic E-state index is 0.00665. The van der Waals surface area contributed by atoms with Gasteiger partial charge in [0.15, 0.2) is 0 Å². The van der Waals surface area contributed by atoms with Crippen molar-refractivity contribution >= 4 is 5.91 Å². The first kappa shape index (κ1) is 14.0. The van der Waals surface area contributed by atoms with Crippen molar-refractivity contribution in [1.82, 2.24) is 15.2 Å². The Morgan fingerprint density at radius 3 is 2.95 bits per heavy atom. The van der Waals surface area contributed by atoms with E-state index in [9.17, 15) is 4.79 Å². The van der Waals surface area contributed by atoms with Crippen LogP contribution in [-0.2, 0) is 11.3 Å². The number of nitrogens with zero attached hydrogens (tertiary/aromatic N) is 2. The molecule has 1 aliphatic heterocycles. The molecular weight excluding hydrogens is 238 g/mol. The lowest BCUT2D eigenvalue weighted by atomic mass is 10.0. The molecule has 1 aliphatic rings. The zero-order chi connectivity index (χ0) is 13.7. The third-order valence-electron chi connectivity index (χ3n) is 3.59. The van der Waals surface area contributed by atoms with Gasteiger partial charge in [0.05, 0.1) is 6.04 Å². The van der Waals surface area contributed by atoms with Gasteiger partial charge in [-0.3, -0.25) is 9.78 Å². The van der Waals surface area contributed by atoms with E-state index < -0.39 is 0 Å². The van der Waals surface area contributed by atoms with Crippen LogP contribution in [0.3, 0.4) is 0 Å². The lowest BCUT2D eigenvalue weighted by Crippen LogP contribution is -2.50. The Hall–Kier alpha value is -1.42. The number of rotatable bonds is 4. The molecule has 1 amide bonds. The maximum absolute atomic E-state index is 12.6. The summed E-state index contributed by atoms with van der Waals surface area (Å²) < 4.78 is 0. The quantitative estimate of drug-likeness (QED) is 0.901. The molecule has 0 bridgehead atoms. The fourth-order valence-corrected chi connectivity index (χ4v) is 2.47. The van der Waals surface area contributed by atoms with Crippen molar-refractivity contribution < 1.29 is 4.79 Å². The monoisotopic (exact) mass is 261 g/mol. The van der Waals surface area contributed by atoms with E-state index in [0.29, 0.717) is 6.54 Å². The number of amides is 1. The topological polar surface area (TPSA) is 45.2 Å². The summed E-state index contributed by atoms with van der Waals surface area (Å²) in [7, 11) is 0. The van der Waals surface area contributed by atoms with E-state index in [1.54, 1.807) is 6.20 Å². The summed E-state index contributed by atoms with van der Waals surface area (Å²) in [6.07, 6.45) is 6.86. The highest BCUT2D eigenvalue weighted by atomic mass is 16.2. The van der Waals surface area contributed by atoms with Gasteiger partial charge >= 0.3 is 0 Å². The minimum atomic E-state index is -0.00665. The molecule has 4 heteroatoms. The van der Waals surface area contributed by atoms with Crippen molar-refractivity contribution in [3.63, 3.8) is 0 Å². The number of carbonyl (C=O) groups excluding carboxylic acids is 1. The van der Waals surface area contributed by atoms with Crippen LogP contribution in [0.2, 0.25) is 0 Å². The van der Waals surface area contributed by atoms with Crippen LogP contribution in [0.5, 0.6) is 0 Å². The van der Waals surface area contributed by atoms with Crippen LogP contribution < -0.4 is 5.32 Å². The Bertz CT molecular complexity index is 399. The molecular formula is C15H23N3O. The SMILES string of the molecule is CC(C)N(Cc1cccnc1)C(=O)[C@@H]1CCCCN1. The normalized spacial score (nSPS) is 19.4. The molecule has 104 valence electrons. The molecule has 1 aromatic heterocycles. The van der Waals surface area contributed by atoms with Crippen molar-refractivity contribution in [3.05, 3.63) is 30.1 Å². The van der Waals surface area contributed by atoms with Gasteiger partial charge in [0.25, 0.3) is 0 Å². The lowest BCUT2D eigenvalue weighted by molar-refractivity contribution is -0.136. The third-order valence-corrected chi connectivity index (χ3v) is 3.59. The molecule has 1 fully saturated rings. The number of carbonyl (C=O) groups is 1. The number of piperidine rings is 1. The zero-order valence-electron chi connectivity index (χ0n) is 11.8. The summed E-state index contributed by atoms with van der Waals surface area (Å²) in [6, 6.07) is 4.13. The number of hydrogen-bond acceptors (Lipinski definition) is 3. The maximum Gasteiger partial charge on any atom is 0.240 e. The Morgan fingerprint density at radius 1 is 1.53 bits per heavy atom. The van der Waals surface area contributed by atoms with Crippen molar-refractivity contribution in [2.24, 2.45) is 0 Å². The summed E-state index contributed by atoms with van der Waals surface area (Å²) in [5, 5.41) is 3.33. The van der Waals surface area contributed by atoms with Gasteiger partial charge in [0, 0.05) is 25.0 Å². The number of aromatic nitrogens is 1. The summed E-state index contributed by atoms with van der Waals surface area (Å²) in [5.41, 5.74) is 1.08. The molecule has 4 nitrogen and oxygen atoms in total. The minimum Gasteiger partial charge on any atom is -0.335 e. The van der Waals surface area contributed by atoms with E-state index in [-0.39, 0.29) is 18.0 Å². The van der Waals surface area contributed by atoms with Crippen LogP contribution in [0.25, 0.3) is 0 Å². The van der Waals surface area contributed by atoms with E-state index in [1.165, 1.54) is 6.42 Å². The summed E-state index contributed by atoms with van der Waals surface area (Å²) in [4.78, 5) is 18.6. The Balaban J connectivity index is 2.04. The van der Waals surface area contributed by atoms with Crippen molar-refractivity contribution in [2.75, 3.05) is 6.54 Å². The molecule has 0 spiro atoms. The first-order valence-electron chi connectivity index (χ1n) is 7.11. The van der Waals surface area contributed by atoms with E-state index in [4.69, 9.17) is 0 Å². The second-order valence-electron chi connectivity index (χ2n) is 5.42. The smallest absolute Gasteiger partial charge is 0.240 e. The molecule has 0 aliphatic carbocycles. The zero-order valence-corrected chi connectivity index (χ0v) is 11.8. The maximum atomic E-state index is 12.6. The molecule has 2 rings (SSSR count). The van der Waals surface area contributed by atoms with Crippen molar-refractivity contribution in [1.29, 1.82) is 0 Å². The summed E-state index contributed by atoms with van der Waals surface area (Å²) >= 11 is 0. The van der Waals surface area contributed by atoms with Crippen LogP contribution in [0, 0.1) is 0 Å². The average molecular weight is 261 g/mol. The number of pyridine rings is 1. The average Bonchev–Trinajstić information content (AvgIpc) is 2.46. The van der Waals surface area contributed by atoms with Gasteiger partial charge < -0.3 is 10.2 Å². The van der Waals surface area contributed by atoms with Crippen molar-refractivity contribution in [2.45, 2.75) is 51.7 Å². The molecule has 1 saturated heterocycles. The first-order chi connectivity index (χ1) is 9.18. The predicted octanol–water partition coefficient (Wildman–Crippen LogP) is 1.96. The standard InChI is InChI=1S/C15H23N3O/c1-12(2)18(11-13-6-5-8-16-10-13)15(19)14-7-3-4-9-17-14/h5-6,8,10,12,14,17H,3-4,7,9,11H2,1-2H3/t14-/m0/s1. The molecule has 0 unspecified atom stereocenters. The van der Waals surface area contributed by atoms with Gasteiger partial charge in [0.2, 0.25) is 5.91 Å². The second-order valence-corrected chi connectivity index (χ2v) is 5.42. The van der Waals surface area contributed by atoms with Gasteiger partial charge in [-0.2, -0.15) is 0 Å². The van der Waals surface area contributed by atoms with E-state index in [1.807, 2.05) is 23.2 Å². The Labute approximate surface area is 115 Å². The second kappa shape index (κ2) is 6.66. The molecule has 0 saturated carbocycles. The molecule has 19 heavy (non-hydrogen) atoms. The molecule has 1 aromatic rings. The van der Waals surface area contributed by atoms with Gasteiger partial charge in [-0.1, -0.05) is 12.5 Å². The Morgan fingerprint density at radius 2 is 2.37 bits per heavy atom. The van der Waals surface area contributed by atoms with Crippen LogP contribution in [0.1, 0.15) is 38.7 Å². The van der Waals surface area contributed by atoms with Gasteiger partial charge in [0.1, 0.15) is 0 Å². The molecule has 1 N–H and O–H groups in total. The van der Waals surface area contributed by atoms with E-state index >= 15 is 0 Å². The molecule has 0 aromatic carbocycles. The van der Waals surface area contributed by atoms with Gasteiger partial charge in [-0.15, -0.1) is 0 Å². The highest BCUT2D eigenvalue weighted by Gasteiger charge is 2.27. The van der Waals surface area contributed by atoms with Crippen LogP contribution >= 0.6 is 0 Å². The fourth-order valence-electron chi connectivity index (χ4n) is 2.47. The van der Waals surface area contributed by atoms with Gasteiger partial charge in [-0.05, 0) is 44.9 Å². The molecule has 2 heterocycles. The van der Waals surface area contributed by atoms with Crippen LogP contribution in [0.15, 0.2) is 24.5 Å². The summed E-state index contributed by atoms with van der Waals surface area (Å²) in [6.45, 7) is 5.73. The van der Waals surface area contributed by atoms with Crippen LogP contribution in [0.4, 0.5) is 0 Å².